The largest absolute Gasteiger partial charge is 0.367 e. The molecule has 2 aromatic rings. The molecule has 0 bridgehead atoms. The second-order valence-electron chi connectivity index (χ2n) is 9.38. The molecule has 1 aromatic carbocycles. The molecule has 0 spiro atoms. The van der Waals surface area contributed by atoms with Crippen LogP contribution in [0.15, 0.2) is 24.3 Å². The smallest absolute Gasteiger partial charge is 0.0435 e. The molecule has 4 rings (SSSR count). The second kappa shape index (κ2) is 6.94. The highest BCUT2D eigenvalue weighted by molar-refractivity contribution is 5.54. The van der Waals surface area contributed by atoms with E-state index in [1.54, 1.807) is 16.7 Å². The van der Waals surface area contributed by atoms with E-state index in [1.807, 2.05) is 0 Å². The zero-order valence-electron chi connectivity index (χ0n) is 17.5. The number of aryl methyl sites for hydroxylation is 2. The average molecular weight is 364 g/mol. The third-order valence-electron chi connectivity index (χ3n) is 6.11. The number of hydrogen-bond acceptors (Lipinski definition) is 3. The molecule has 1 aromatic heterocycles. The Kier molecular flexibility index (Phi) is 4.75. The zero-order valence-corrected chi connectivity index (χ0v) is 17.5. The summed E-state index contributed by atoms with van der Waals surface area (Å²) in [5.41, 5.74) is 9.87. The Morgan fingerprint density at radius 2 is 1.81 bits per heavy atom. The van der Waals surface area contributed by atoms with Crippen molar-refractivity contribution in [1.82, 2.24) is 10.3 Å². The van der Waals surface area contributed by atoms with Crippen molar-refractivity contribution in [3.05, 3.63) is 57.9 Å². The van der Waals surface area contributed by atoms with Crippen molar-refractivity contribution in [2.24, 2.45) is 0 Å². The van der Waals surface area contributed by atoms with Crippen LogP contribution in [-0.4, -0.2) is 18.1 Å². The van der Waals surface area contributed by atoms with E-state index in [0.29, 0.717) is 6.04 Å². The van der Waals surface area contributed by atoms with Gasteiger partial charge in [0.1, 0.15) is 0 Å². The Labute approximate surface area is 164 Å². The van der Waals surface area contributed by atoms with Gasteiger partial charge in [-0.15, -0.1) is 0 Å². The lowest BCUT2D eigenvalue weighted by Crippen LogP contribution is -2.33. The lowest BCUT2D eigenvalue weighted by molar-refractivity contribution is 0.576. The molecule has 2 aliphatic heterocycles. The molecule has 3 heteroatoms. The first-order valence-corrected chi connectivity index (χ1v) is 10.4. The summed E-state index contributed by atoms with van der Waals surface area (Å²) in [5, 5.41) is 3.75. The topological polar surface area (TPSA) is 28.2 Å². The lowest BCUT2D eigenvalue weighted by Gasteiger charge is -2.35. The van der Waals surface area contributed by atoms with Gasteiger partial charge in [-0.1, -0.05) is 32.9 Å². The summed E-state index contributed by atoms with van der Waals surface area (Å²) >= 11 is 0. The normalized spacial score (nSPS) is 20.0. The molecule has 27 heavy (non-hydrogen) atoms. The maximum atomic E-state index is 4.56. The van der Waals surface area contributed by atoms with Gasteiger partial charge in [-0.05, 0) is 79.5 Å². The van der Waals surface area contributed by atoms with E-state index in [0.717, 1.165) is 37.4 Å². The Morgan fingerprint density at radius 3 is 2.44 bits per heavy atom. The number of hydrogen-bond donors (Lipinski definition) is 1. The summed E-state index contributed by atoms with van der Waals surface area (Å²) in [6, 6.07) is 9.95. The van der Waals surface area contributed by atoms with Crippen molar-refractivity contribution in [3.63, 3.8) is 0 Å². The number of anilines is 1. The van der Waals surface area contributed by atoms with Gasteiger partial charge in [0.2, 0.25) is 0 Å². The number of nitrogens with zero attached hydrogens (tertiary/aromatic N) is 2. The van der Waals surface area contributed by atoms with Gasteiger partial charge in [0.15, 0.2) is 0 Å². The van der Waals surface area contributed by atoms with E-state index in [1.165, 1.54) is 24.1 Å². The lowest BCUT2D eigenvalue weighted by atomic mass is 9.80. The highest BCUT2D eigenvalue weighted by Gasteiger charge is 2.28. The highest BCUT2D eigenvalue weighted by Crippen LogP contribution is 2.37. The van der Waals surface area contributed by atoms with Crippen molar-refractivity contribution in [2.45, 2.75) is 71.9 Å². The molecule has 1 fully saturated rings. The van der Waals surface area contributed by atoms with Crippen LogP contribution < -0.4 is 10.2 Å². The highest BCUT2D eigenvalue weighted by atomic mass is 15.1. The number of pyridine rings is 1. The molecular formula is C24H33N3. The summed E-state index contributed by atoms with van der Waals surface area (Å²) in [6.45, 7) is 14.4. The van der Waals surface area contributed by atoms with E-state index in [9.17, 15) is 0 Å². The number of rotatable bonds is 2. The third-order valence-corrected chi connectivity index (χ3v) is 6.11. The average Bonchev–Trinajstić information content (AvgIpc) is 3.13. The van der Waals surface area contributed by atoms with Gasteiger partial charge in [0, 0.05) is 36.2 Å². The molecule has 0 radical (unpaired) electrons. The van der Waals surface area contributed by atoms with Crippen LogP contribution in [0.3, 0.4) is 0 Å². The van der Waals surface area contributed by atoms with Gasteiger partial charge in [-0.25, -0.2) is 0 Å². The fraction of sp³-hybridized carbons (Fsp3) is 0.542. The van der Waals surface area contributed by atoms with Crippen LogP contribution in [0.4, 0.5) is 5.69 Å². The fourth-order valence-corrected chi connectivity index (χ4v) is 4.61. The van der Waals surface area contributed by atoms with Crippen molar-refractivity contribution < 1.29 is 0 Å². The Bertz CT molecular complexity index is 821. The molecular weight excluding hydrogens is 330 g/mol. The first kappa shape index (κ1) is 18.5. The maximum Gasteiger partial charge on any atom is 0.0435 e. The van der Waals surface area contributed by atoms with Gasteiger partial charge in [0.25, 0.3) is 0 Å². The molecule has 1 N–H and O–H groups in total. The third kappa shape index (κ3) is 3.75. The van der Waals surface area contributed by atoms with Gasteiger partial charge in [0.05, 0.1) is 0 Å². The predicted molar refractivity (Wildman–Crippen MR) is 114 cm³/mol. The molecule has 2 aliphatic rings. The van der Waals surface area contributed by atoms with E-state index in [4.69, 9.17) is 0 Å². The van der Waals surface area contributed by atoms with Gasteiger partial charge in [-0.2, -0.15) is 0 Å². The number of fused-ring (bicyclic) bond motifs is 1. The summed E-state index contributed by atoms with van der Waals surface area (Å²) in [5.74, 6) is 0. The minimum Gasteiger partial charge on any atom is -0.367 e. The van der Waals surface area contributed by atoms with Crippen LogP contribution in [0.5, 0.6) is 0 Å². The van der Waals surface area contributed by atoms with E-state index in [-0.39, 0.29) is 5.41 Å². The van der Waals surface area contributed by atoms with E-state index < -0.39 is 0 Å². The Hall–Kier alpha value is -1.87. The monoisotopic (exact) mass is 363 g/mol. The van der Waals surface area contributed by atoms with Crippen LogP contribution in [0.1, 0.15) is 73.3 Å². The van der Waals surface area contributed by atoms with Crippen LogP contribution in [0.25, 0.3) is 0 Å². The predicted octanol–water partition coefficient (Wildman–Crippen LogP) is 4.98. The standard InChI is InChI=1S/C24H33N3/c1-16-11-20(12-17(2)26-16)27-10-8-18-13-19(24(3,4)5)14-21(22(18)15-27)23-7-6-9-25-23/h11-14,23,25H,6-10,15H2,1-5H3/t23-/m0/s1. The molecule has 0 saturated carbocycles. The first-order chi connectivity index (χ1) is 12.8. The molecule has 144 valence electrons. The summed E-state index contributed by atoms with van der Waals surface area (Å²) < 4.78 is 0. The van der Waals surface area contributed by atoms with Crippen LogP contribution in [0.2, 0.25) is 0 Å². The van der Waals surface area contributed by atoms with Crippen molar-refractivity contribution in [2.75, 3.05) is 18.0 Å². The first-order valence-electron chi connectivity index (χ1n) is 10.4. The Balaban J connectivity index is 1.75. The van der Waals surface area contributed by atoms with E-state index >= 15 is 0 Å². The van der Waals surface area contributed by atoms with E-state index in [2.05, 4.69) is 74.1 Å². The SMILES string of the molecule is Cc1cc(N2CCc3cc(C(C)(C)C)cc([C@@H]4CCCN4)c3C2)cc(C)n1. The Morgan fingerprint density at radius 1 is 1.07 bits per heavy atom. The molecule has 0 aliphatic carbocycles. The molecule has 1 atom stereocenters. The fourth-order valence-electron chi connectivity index (χ4n) is 4.61. The number of benzene rings is 1. The summed E-state index contributed by atoms with van der Waals surface area (Å²) in [4.78, 5) is 7.10. The molecule has 0 unspecified atom stereocenters. The summed E-state index contributed by atoms with van der Waals surface area (Å²) in [7, 11) is 0. The molecule has 3 heterocycles. The van der Waals surface area contributed by atoms with Gasteiger partial charge in [-0.3, -0.25) is 4.98 Å². The van der Waals surface area contributed by atoms with Crippen molar-refractivity contribution >= 4 is 5.69 Å². The van der Waals surface area contributed by atoms with Crippen LogP contribution in [-0.2, 0) is 18.4 Å². The maximum absolute atomic E-state index is 4.56. The quantitative estimate of drug-likeness (QED) is 0.815. The molecule has 3 nitrogen and oxygen atoms in total. The zero-order chi connectivity index (χ0) is 19.2. The van der Waals surface area contributed by atoms with Gasteiger partial charge < -0.3 is 10.2 Å². The van der Waals surface area contributed by atoms with Gasteiger partial charge >= 0.3 is 0 Å². The van der Waals surface area contributed by atoms with Crippen molar-refractivity contribution in [3.8, 4) is 0 Å². The van der Waals surface area contributed by atoms with Crippen molar-refractivity contribution in [1.29, 1.82) is 0 Å². The second-order valence-corrected chi connectivity index (χ2v) is 9.38. The van der Waals surface area contributed by atoms with Crippen LogP contribution in [0, 0.1) is 13.8 Å². The minimum absolute atomic E-state index is 0.193. The molecule has 1 saturated heterocycles. The number of aromatic nitrogens is 1. The molecule has 0 amide bonds. The minimum atomic E-state index is 0.193. The number of nitrogens with one attached hydrogen (secondary N) is 1. The summed E-state index contributed by atoms with van der Waals surface area (Å²) in [6.07, 6.45) is 3.67. The van der Waals surface area contributed by atoms with Crippen LogP contribution >= 0.6 is 0 Å².